The maximum absolute atomic E-state index is 13.2. The maximum Gasteiger partial charge on any atom is 0.325 e. The van der Waals surface area contributed by atoms with E-state index in [0.29, 0.717) is 12.3 Å². The molecule has 6 heteroatoms. The number of piperidine rings is 1. The lowest BCUT2D eigenvalue weighted by Crippen LogP contribution is -2.49. The number of hydrogen-bond donors (Lipinski definition) is 1. The molecule has 0 aromatic heterocycles. The van der Waals surface area contributed by atoms with E-state index < -0.39 is 11.6 Å². The maximum atomic E-state index is 13.2. The van der Waals surface area contributed by atoms with E-state index in [1.807, 2.05) is 29.2 Å². The minimum absolute atomic E-state index is 0.101. The number of aryl methyl sites for hydroxylation is 1. The Bertz CT molecular complexity index is 838. The Kier molecular flexibility index (Phi) is 4.18. The number of nitrogens with one attached hydrogen (secondary N) is 1. The van der Waals surface area contributed by atoms with E-state index >= 15 is 0 Å². The third-order valence-corrected chi connectivity index (χ3v) is 7.36. The normalized spacial score (nSPS) is 31.7. The summed E-state index contributed by atoms with van der Waals surface area (Å²) in [6.07, 6.45) is 7.40. The Labute approximate surface area is 165 Å². The molecule has 1 spiro atoms. The molecule has 0 bridgehead atoms. The van der Waals surface area contributed by atoms with Gasteiger partial charge in [0.25, 0.3) is 5.91 Å². The first-order valence-electron chi connectivity index (χ1n) is 10.6. The van der Waals surface area contributed by atoms with Gasteiger partial charge in [-0.25, -0.2) is 4.79 Å². The van der Waals surface area contributed by atoms with Gasteiger partial charge in [0.1, 0.15) is 12.1 Å². The van der Waals surface area contributed by atoms with E-state index in [-0.39, 0.29) is 18.4 Å². The zero-order chi connectivity index (χ0) is 19.3. The van der Waals surface area contributed by atoms with E-state index in [4.69, 9.17) is 0 Å². The molecule has 1 aromatic carbocycles. The van der Waals surface area contributed by atoms with Gasteiger partial charge in [0.15, 0.2) is 0 Å². The van der Waals surface area contributed by atoms with E-state index in [1.54, 1.807) is 0 Å². The molecule has 3 fully saturated rings. The van der Waals surface area contributed by atoms with Crippen LogP contribution in [0.3, 0.4) is 0 Å². The summed E-state index contributed by atoms with van der Waals surface area (Å²) >= 11 is 0. The molecule has 2 aliphatic heterocycles. The van der Waals surface area contributed by atoms with Gasteiger partial charge in [-0.3, -0.25) is 14.5 Å². The number of fused-ring (bicyclic) bond motifs is 3. The molecular formula is C22H27N3O3. The molecule has 0 unspecified atom stereocenters. The lowest BCUT2D eigenvalue weighted by Gasteiger charge is -2.41. The smallest absolute Gasteiger partial charge is 0.325 e. The van der Waals surface area contributed by atoms with E-state index in [0.717, 1.165) is 47.9 Å². The summed E-state index contributed by atoms with van der Waals surface area (Å²) in [7, 11) is 0. The van der Waals surface area contributed by atoms with Crippen molar-refractivity contribution in [1.82, 2.24) is 15.1 Å². The molecule has 1 aromatic rings. The SMILES string of the molecule is O=C(CN1C(=O)N[C@]2(CCc3ccccc32)C1=O)N1CC[C@@H]2CCCC[C@H]2C1. The highest BCUT2D eigenvalue weighted by Crippen LogP contribution is 2.41. The van der Waals surface area contributed by atoms with Gasteiger partial charge in [-0.15, -0.1) is 0 Å². The Morgan fingerprint density at radius 3 is 2.75 bits per heavy atom. The van der Waals surface area contributed by atoms with Crippen molar-refractivity contribution in [2.45, 2.75) is 50.5 Å². The molecular weight excluding hydrogens is 354 g/mol. The summed E-state index contributed by atoms with van der Waals surface area (Å²) in [5.74, 6) is 0.953. The molecule has 2 heterocycles. The molecule has 6 nitrogen and oxygen atoms in total. The minimum Gasteiger partial charge on any atom is -0.341 e. The average molecular weight is 381 g/mol. The standard InChI is InChI=1S/C22H27N3O3/c26-19(24-12-10-15-5-1-2-7-17(15)13-24)14-25-20(27)22(23-21(25)28)11-9-16-6-3-4-8-18(16)22/h3-4,6,8,15,17H,1-2,5,7,9-14H2,(H,23,28)/t15-,17-,22-/m0/s1. The van der Waals surface area contributed by atoms with E-state index in [9.17, 15) is 14.4 Å². The number of amides is 4. The van der Waals surface area contributed by atoms with Crippen molar-refractivity contribution < 1.29 is 14.4 Å². The number of hydrogen-bond acceptors (Lipinski definition) is 3. The number of rotatable bonds is 2. The van der Waals surface area contributed by atoms with E-state index in [2.05, 4.69) is 5.32 Å². The van der Waals surface area contributed by atoms with Gasteiger partial charge in [-0.2, -0.15) is 0 Å². The third-order valence-electron chi connectivity index (χ3n) is 7.36. The summed E-state index contributed by atoms with van der Waals surface area (Å²) in [6.45, 7) is 1.38. The highest BCUT2D eigenvalue weighted by molar-refractivity contribution is 6.09. The van der Waals surface area contributed by atoms with Crippen LogP contribution in [-0.4, -0.2) is 47.3 Å². The lowest BCUT2D eigenvalue weighted by molar-refractivity contribution is -0.141. The number of benzene rings is 1. The van der Waals surface area contributed by atoms with Crippen LogP contribution in [0.1, 0.15) is 49.7 Å². The van der Waals surface area contributed by atoms with Crippen molar-refractivity contribution in [3.05, 3.63) is 35.4 Å². The molecule has 1 saturated carbocycles. The molecule has 0 radical (unpaired) electrons. The van der Waals surface area contributed by atoms with Crippen LogP contribution < -0.4 is 5.32 Å². The third kappa shape index (κ3) is 2.65. The second kappa shape index (κ2) is 6.61. The lowest BCUT2D eigenvalue weighted by atomic mass is 9.75. The molecule has 1 N–H and O–H groups in total. The molecule has 4 amide bonds. The molecule has 5 rings (SSSR count). The van der Waals surface area contributed by atoms with Crippen molar-refractivity contribution >= 4 is 17.8 Å². The predicted molar refractivity (Wildman–Crippen MR) is 103 cm³/mol. The van der Waals surface area contributed by atoms with Gasteiger partial charge in [-0.1, -0.05) is 43.5 Å². The van der Waals surface area contributed by atoms with Crippen molar-refractivity contribution in [3.63, 3.8) is 0 Å². The minimum atomic E-state index is -0.982. The monoisotopic (exact) mass is 381 g/mol. The van der Waals surface area contributed by atoms with Crippen LogP contribution in [0.2, 0.25) is 0 Å². The second-order valence-electron chi connectivity index (χ2n) is 8.82. The van der Waals surface area contributed by atoms with Crippen molar-refractivity contribution in [2.75, 3.05) is 19.6 Å². The average Bonchev–Trinajstić information content (AvgIpc) is 3.21. The van der Waals surface area contributed by atoms with Crippen LogP contribution in [0.25, 0.3) is 0 Å². The summed E-state index contributed by atoms with van der Waals surface area (Å²) in [5, 5.41) is 2.91. The fraction of sp³-hybridized carbons (Fsp3) is 0.591. The molecule has 148 valence electrons. The van der Waals surface area contributed by atoms with Crippen LogP contribution in [0, 0.1) is 11.8 Å². The van der Waals surface area contributed by atoms with Crippen LogP contribution in [0.5, 0.6) is 0 Å². The van der Waals surface area contributed by atoms with Crippen LogP contribution in [-0.2, 0) is 21.5 Å². The Morgan fingerprint density at radius 1 is 1.11 bits per heavy atom. The van der Waals surface area contributed by atoms with Crippen LogP contribution >= 0.6 is 0 Å². The largest absolute Gasteiger partial charge is 0.341 e. The zero-order valence-electron chi connectivity index (χ0n) is 16.2. The van der Waals surface area contributed by atoms with Crippen molar-refractivity contribution in [2.24, 2.45) is 11.8 Å². The number of imide groups is 1. The molecule has 2 saturated heterocycles. The predicted octanol–water partition coefficient (Wildman–Crippen LogP) is 2.42. The topological polar surface area (TPSA) is 69.7 Å². The van der Waals surface area contributed by atoms with Crippen molar-refractivity contribution in [1.29, 1.82) is 0 Å². The number of urea groups is 1. The molecule has 4 aliphatic rings. The molecule has 2 aliphatic carbocycles. The molecule has 28 heavy (non-hydrogen) atoms. The van der Waals surface area contributed by atoms with Crippen LogP contribution in [0.15, 0.2) is 24.3 Å². The van der Waals surface area contributed by atoms with Gasteiger partial charge in [0.05, 0.1) is 0 Å². The first-order valence-corrected chi connectivity index (χ1v) is 10.6. The summed E-state index contributed by atoms with van der Waals surface area (Å²) in [5.41, 5.74) is 1.000. The van der Waals surface area contributed by atoms with Gasteiger partial charge in [-0.05, 0) is 48.6 Å². The quantitative estimate of drug-likeness (QED) is 0.800. The number of carbonyl (C=O) groups is 3. The van der Waals surface area contributed by atoms with E-state index in [1.165, 1.54) is 25.7 Å². The van der Waals surface area contributed by atoms with Gasteiger partial charge in [0.2, 0.25) is 5.91 Å². The fourth-order valence-electron chi connectivity index (χ4n) is 5.80. The number of nitrogens with zero attached hydrogens (tertiary/aromatic N) is 2. The Hall–Kier alpha value is -2.37. The van der Waals surface area contributed by atoms with Crippen LogP contribution in [0.4, 0.5) is 4.79 Å². The Balaban J connectivity index is 1.30. The zero-order valence-corrected chi connectivity index (χ0v) is 16.2. The number of carbonyl (C=O) groups excluding carboxylic acids is 3. The highest BCUT2D eigenvalue weighted by atomic mass is 16.2. The second-order valence-corrected chi connectivity index (χ2v) is 8.82. The summed E-state index contributed by atoms with van der Waals surface area (Å²) in [6, 6.07) is 7.33. The first kappa shape index (κ1) is 17.7. The summed E-state index contributed by atoms with van der Waals surface area (Å²) < 4.78 is 0. The fourth-order valence-corrected chi connectivity index (χ4v) is 5.80. The first-order chi connectivity index (χ1) is 13.6. The molecule has 3 atom stereocenters. The Morgan fingerprint density at radius 2 is 1.89 bits per heavy atom. The highest BCUT2D eigenvalue weighted by Gasteiger charge is 2.55. The van der Waals surface area contributed by atoms with Gasteiger partial charge < -0.3 is 10.2 Å². The van der Waals surface area contributed by atoms with Crippen molar-refractivity contribution in [3.8, 4) is 0 Å². The number of likely N-dealkylation sites (tertiary alicyclic amines) is 1. The van der Waals surface area contributed by atoms with Gasteiger partial charge >= 0.3 is 6.03 Å². The summed E-state index contributed by atoms with van der Waals surface area (Å²) in [4.78, 5) is 41.8. The van der Waals surface area contributed by atoms with Gasteiger partial charge in [0, 0.05) is 13.1 Å².